The van der Waals surface area contributed by atoms with Crippen LogP contribution in [0.25, 0.3) is 5.69 Å². The standard InChI is InChI=1S/C22H27N3O3S/c1-17-14-18(2)22(19(3)15-17)29(26,27)24-10-4-5-13-28-21-8-6-20(7-9-21)25-12-11-23-16-25/h6-9,11-12,14-16,24H,4-5,10,13H2,1-3H3. The molecule has 1 N–H and O–H groups in total. The molecule has 6 nitrogen and oxygen atoms in total. The third kappa shape index (κ3) is 5.46. The third-order valence-corrected chi connectivity index (χ3v) is 6.41. The van der Waals surface area contributed by atoms with Gasteiger partial charge in [-0.25, -0.2) is 18.1 Å². The van der Waals surface area contributed by atoms with E-state index in [1.54, 1.807) is 12.5 Å². The summed E-state index contributed by atoms with van der Waals surface area (Å²) >= 11 is 0. The van der Waals surface area contributed by atoms with Gasteiger partial charge in [0, 0.05) is 24.6 Å². The summed E-state index contributed by atoms with van der Waals surface area (Å²) in [5, 5.41) is 0. The number of imidazole rings is 1. The van der Waals surface area contributed by atoms with E-state index in [9.17, 15) is 8.42 Å². The van der Waals surface area contributed by atoms with Crippen molar-refractivity contribution in [2.45, 2.75) is 38.5 Å². The van der Waals surface area contributed by atoms with E-state index in [0.717, 1.165) is 34.5 Å². The van der Waals surface area contributed by atoms with Crippen molar-refractivity contribution in [1.29, 1.82) is 0 Å². The summed E-state index contributed by atoms with van der Waals surface area (Å²) in [5.74, 6) is 0.792. The maximum atomic E-state index is 12.6. The van der Waals surface area contributed by atoms with Gasteiger partial charge >= 0.3 is 0 Å². The van der Waals surface area contributed by atoms with Crippen molar-refractivity contribution in [3.63, 3.8) is 0 Å². The predicted molar refractivity (Wildman–Crippen MR) is 114 cm³/mol. The van der Waals surface area contributed by atoms with Crippen LogP contribution in [0.5, 0.6) is 5.75 Å². The lowest BCUT2D eigenvalue weighted by molar-refractivity contribution is 0.307. The minimum Gasteiger partial charge on any atom is -0.494 e. The van der Waals surface area contributed by atoms with Crippen LogP contribution >= 0.6 is 0 Å². The van der Waals surface area contributed by atoms with Crippen LogP contribution in [0.4, 0.5) is 0 Å². The highest BCUT2D eigenvalue weighted by Crippen LogP contribution is 2.21. The second-order valence-electron chi connectivity index (χ2n) is 7.15. The van der Waals surface area contributed by atoms with Crippen LogP contribution in [0.15, 0.2) is 60.0 Å². The van der Waals surface area contributed by atoms with Crippen molar-refractivity contribution < 1.29 is 13.2 Å². The van der Waals surface area contributed by atoms with Crippen molar-refractivity contribution in [1.82, 2.24) is 14.3 Å². The lowest BCUT2D eigenvalue weighted by Gasteiger charge is -2.13. The van der Waals surface area contributed by atoms with E-state index in [4.69, 9.17) is 4.74 Å². The highest BCUT2D eigenvalue weighted by Gasteiger charge is 2.19. The zero-order valence-corrected chi connectivity index (χ0v) is 17.9. The molecule has 0 saturated heterocycles. The van der Waals surface area contributed by atoms with E-state index in [2.05, 4.69) is 9.71 Å². The van der Waals surface area contributed by atoms with Crippen molar-refractivity contribution in [3.05, 3.63) is 71.8 Å². The van der Waals surface area contributed by atoms with Gasteiger partial charge in [-0.3, -0.25) is 0 Å². The van der Waals surface area contributed by atoms with Crippen molar-refractivity contribution in [3.8, 4) is 11.4 Å². The van der Waals surface area contributed by atoms with Crippen LogP contribution in [-0.4, -0.2) is 31.1 Å². The van der Waals surface area contributed by atoms with Crippen molar-refractivity contribution in [2.75, 3.05) is 13.2 Å². The SMILES string of the molecule is Cc1cc(C)c(S(=O)(=O)NCCCCOc2ccc(-n3ccnc3)cc2)c(C)c1. The normalized spacial score (nSPS) is 11.6. The molecule has 1 heterocycles. The number of benzene rings is 2. The number of nitrogens with zero attached hydrogens (tertiary/aromatic N) is 2. The number of aryl methyl sites for hydroxylation is 3. The van der Waals surface area contributed by atoms with Gasteiger partial charge in [0.15, 0.2) is 0 Å². The van der Waals surface area contributed by atoms with E-state index in [1.807, 2.05) is 67.9 Å². The number of unbranched alkanes of at least 4 members (excludes halogenated alkanes) is 1. The fraction of sp³-hybridized carbons (Fsp3) is 0.318. The molecule has 0 unspecified atom stereocenters. The van der Waals surface area contributed by atoms with Gasteiger partial charge in [0.05, 0.1) is 17.8 Å². The molecule has 0 aliphatic rings. The second-order valence-corrected chi connectivity index (χ2v) is 8.85. The number of hydrogen-bond donors (Lipinski definition) is 1. The molecule has 0 spiro atoms. The first-order valence-electron chi connectivity index (χ1n) is 9.65. The minimum atomic E-state index is -3.50. The number of hydrogen-bond acceptors (Lipinski definition) is 4. The van der Waals surface area contributed by atoms with Gasteiger partial charge in [0.2, 0.25) is 10.0 Å². The monoisotopic (exact) mass is 413 g/mol. The largest absolute Gasteiger partial charge is 0.494 e. The number of rotatable bonds is 9. The summed E-state index contributed by atoms with van der Waals surface area (Å²) in [4.78, 5) is 4.42. The zero-order chi connectivity index (χ0) is 20.9. The highest BCUT2D eigenvalue weighted by molar-refractivity contribution is 7.89. The minimum absolute atomic E-state index is 0.386. The summed E-state index contributed by atoms with van der Waals surface area (Å²) < 4.78 is 35.6. The van der Waals surface area contributed by atoms with Gasteiger partial charge in [-0.15, -0.1) is 0 Å². The summed E-state index contributed by atoms with van der Waals surface area (Å²) in [6.07, 6.45) is 6.83. The number of ether oxygens (including phenoxy) is 1. The van der Waals surface area contributed by atoms with Crippen LogP contribution in [0.2, 0.25) is 0 Å². The summed E-state index contributed by atoms with van der Waals surface area (Å²) in [6, 6.07) is 11.6. The Balaban J connectivity index is 1.43. The summed E-state index contributed by atoms with van der Waals surface area (Å²) in [7, 11) is -3.50. The average Bonchev–Trinajstić information content (AvgIpc) is 3.18. The van der Waals surface area contributed by atoms with E-state index in [-0.39, 0.29) is 0 Å². The topological polar surface area (TPSA) is 73.2 Å². The van der Waals surface area contributed by atoms with E-state index in [0.29, 0.717) is 24.5 Å². The number of nitrogens with one attached hydrogen (secondary N) is 1. The summed E-state index contributed by atoms with van der Waals surface area (Å²) in [6.45, 7) is 6.56. The molecule has 0 saturated carbocycles. The average molecular weight is 414 g/mol. The van der Waals surface area contributed by atoms with Crippen LogP contribution < -0.4 is 9.46 Å². The quantitative estimate of drug-likeness (QED) is 0.540. The Hall–Kier alpha value is -2.64. The Bertz CT molecular complexity index is 1020. The molecule has 0 fully saturated rings. The fourth-order valence-corrected chi connectivity index (χ4v) is 4.94. The molecule has 1 aromatic heterocycles. The molecule has 0 aliphatic carbocycles. The first kappa shape index (κ1) is 21.1. The van der Waals surface area contributed by atoms with Gasteiger partial charge in [-0.05, 0) is 69.0 Å². The number of sulfonamides is 1. The van der Waals surface area contributed by atoms with E-state index < -0.39 is 10.0 Å². The first-order valence-corrected chi connectivity index (χ1v) is 11.1. The van der Waals surface area contributed by atoms with Crippen molar-refractivity contribution in [2.24, 2.45) is 0 Å². The molecule has 29 heavy (non-hydrogen) atoms. The van der Waals surface area contributed by atoms with E-state index >= 15 is 0 Å². The Kier molecular flexibility index (Phi) is 6.71. The Morgan fingerprint density at radius 1 is 1.03 bits per heavy atom. The van der Waals surface area contributed by atoms with E-state index in [1.165, 1.54) is 0 Å². The maximum absolute atomic E-state index is 12.6. The Morgan fingerprint density at radius 2 is 1.72 bits per heavy atom. The third-order valence-electron chi connectivity index (χ3n) is 4.64. The lowest BCUT2D eigenvalue weighted by Crippen LogP contribution is -2.26. The number of aromatic nitrogens is 2. The molecule has 0 atom stereocenters. The molecular weight excluding hydrogens is 386 g/mol. The molecule has 0 bridgehead atoms. The van der Waals surface area contributed by atoms with Gasteiger partial charge in [-0.2, -0.15) is 0 Å². The highest BCUT2D eigenvalue weighted by atomic mass is 32.2. The molecular formula is C22H27N3O3S. The molecule has 3 rings (SSSR count). The Labute approximate surface area is 172 Å². The fourth-order valence-electron chi connectivity index (χ4n) is 3.41. The Morgan fingerprint density at radius 3 is 2.34 bits per heavy atom. The second kappa shape index (κ2) is 9.24. The molecule has 2 aromatic carbocycles. The summed E-state index contributed by atoms with van der Waals surface area (Å²) in [5.41, 5.74) is 3.63. The van der Waals surface area contributed by atoms with Crippen LogP contribution in [-0.2, 0) is 10.0 Å². The predicted octanol–water partition coefficient (Wildman–Crippen LogP) is 3.94. The zero-order valence-electron chi connectivity index (χ0n) is 17.1. The molecule has 154 valence electrons. The molecule has 0 amide bonds. The van der Waals surface area contributed by atoms with Gasteiger partial charge in [-0.1, -0.05) is 17.7 Å². The van der Waals surface area contributed by atoms with Crippen molar-refractivity contribution >= 4 is 10.0 Å². The van der Waals surface area contributed by atoms with Gasteiger partial charge < -0.3 is 9.30 Å². The molecule has 3 aromatic rings. The van der Waals surface area contributed by atoms with Crippen LogP contribution in [0.1, 0.15) is 29.5 Å². The first-order chi connectivity index (χ1) is 13.9. The molecule has 0 radical (unpaired) electrons. The van der Waals surface area contributed by atoms with Gasteiger partial charge in [0.25, 0.3) is 0 Å². The van der Waals surface area contributed by atoms with Crippen LogP contribution in [0.3, 0.4) is 0 Å². The molecule has 0 aliphatic heterocycles. The van der Waals surface area contributed by atoms with Crippen LogP contribution in [0, 0.1) is 20.8 Å². The molecule has 7 heteroatoms. The van der Waals surface area contributed by atoms with Gasteiger partial charge in [0.1, 0.15) is 5.75 Å². The lowest BCUT2D eigenvalue weighted by atomic mass is 10.1. The maximum Gasteiger partial charge on any atom is 0.241 e. The smallest absolute Gasteiger partial charge is 0.241 e.